The van der Waals surface area contributed by atoms with Gasteiger partial charge in [-0.1, -0.05) is 0 Å². The van der Waals surface area contributed by atoms with Crippen LogP contribution in [0.25, 0.3) is 0 Å². The summed E-state index contributed by atoms with van der Waals surface area (Å²) in [5.41, 5.74) is 10.5. The van der Waals surface area contributed by atoms with E-state index >= 15 is 0 Å². The Kier molecular flexibility index (Phi) is 3.81. The average molecular weight is 247 g/mol. The summed E-state index contributed by atoms with van der Waals surface area (Å²) in [5, 5.41) is 8.76. The summed E-state index contributed by atoms with van der Waals surface area (Å²) in [6.07, 6.45) is 3.68. The lowest BCUT2D eigenvalue weighted by Gasteiger charge is -2.05. The fraction of sp³-hybridized carbons (Fsp3) is 0.538. The third-order valence-electron chi connectivity index (χ3n) is 3.43. The second-order valence-corrected chi connectivity index (χ2v) is 4.61. The fourth-order valence-electron chi connectivity index (χ4n) is 2.32. The summed E-state index contributed by atoms with van der Waals surface area (Å²) in [4.78, 5) is 0. The average Bonchev–Trinajstić information content (AvgIpc) is 2.86. The van der Waals surface area contributed by atoms with Crippen LogP contribution in [0.1, 0.15) is 22.6 Å². The van der Waals surface area contributed by atoms with E-state index in [9.17, 15) is 0 Å². The number of rotatable bonds is 5. The van der Waals surface area contributed by atoms with E-state index in [2.05, 4.69) is 28.7 Å². The predicted molar refractivity (Wildman–Crippen MR) is 71.4 cm³/mol. The number of aryl methyl sites for hydroxylation is 4. The zero-order valence-corrected chi connectivity index (χ0v) is 11.3. The Morgan fingerprint density at radius 2 is 2.06 bits per heavy atom. The van der Waals surface area contributed by atoms with Crippen molar-refractivity contribution in [2.45, 2.75) is 33.2 Å². The van der Waals surface area contributed by atoms with Crippen molar-refractivity contribution in [3.63, 3.8) is 0 Å². The van der Waals surface area contributed by atoms with E-state index < -0.39 is 0 Å². The highest BCUT2D eigenvalue weighted by molar-refractivity contribution is 5.24. The van der Waals surface area contributed by atoms with Gasteiger partial charge in [0.05, 0.1) is 5.69 Å². The minimum atomic E-state index is 0.676. The lowest BCUT2D eigenvalue weighted by molar-refractivity contribution is 0.570. The molecule has 0 saturated heterocycles. The Morgan fingerprint density at radius 3 is 2.67 bits per heavy atom. The first-order valence-corrected chi connectivity index (χ1v) is 6.33. The predicted octanol–water partition coefficient (Wildman–Crippen LogP) is 0.977. The van der Waals surface area contributed by atoms with Crippen molar-refractivity contribution in [1.29, 1.82) is 0 Å². The lowest BCUT2D eigenvalue weighted by Crippen LogP contribution is -2.09. The van der Waals surface area contributed by atoms with Crippen LogP contribution in [0.2, 0.25) is 0 Å². The van der Waals surface area contributed by atoms with Crippen molar-refractivity contribution >= 4 is 0 Å². The van der Waals surface area contributed by atoms with Crippen LogP contribution >= 0.6 is 0 Å². The summed E-state index contributed by atoms with van der Waals surface area (Å²) in [5.74, 6) is 0. The van der Waals surface area contributed by atoms with Gasteiger partial charge in [-0.05, 0) is 38.4 Å². The molecule has 0 radical (unpaired) electrons. The highest BCUT2D eigenvalue weighted by Crippen LogP contribution is 2.14. The quantitative estimate of drug-likeness (QED) is 0.856. The van der Waals surface area contributed by atoms with Crippen LogP contribution < -0.4 is 5.73 Å². The summed E-state index contributed by atoms with van der Waals surface area (Å²) in [7, 11) is 1.97. The molecule has 2 aromatic heterocycles. The molecule has 0 atom stereocenters. The molecule has 0 aliphatic rings. The van der Waals surface area contributed by atoms with Gasteiger partial charge in [0.25, 0.3) is 0 Å². The molecular weight excluding hydrogens is 226 g/mol. The van der Waals surface area contributed by atoms with Crippen molar-refractivity contribution in [3.8, 4) is 0 Å². The van der Waals surface area contributed by atoms with Gasteiger partial charge in [0, 0.05) is 37.6 Å². The van der Waals surface area contributed by atoms with Gasteiger partial charge < -0.3 is 5.73 Å². The van der Waals surface area contributed by atoms with Crippen LogP contribution in [0, 0.1) is 13.8 Å². The highest BCUT2D eigenvalue weighted by atomic mass is 15.3. The third kappa shape index (κ3) is 2.46. The first-order chi connectivity index (χ1) is 8.63. The second-order valence-electron chi connectivity index (χ2n) is 4.61. The molecule has 0 spiro atoms. The standard InChI is InChI=1S/C13H21N5/c1-10-13(4-7-14)11(2)18(16-10)9-6-12-5-8-15-17(12)3/h5,8H,4,6-7,9,14H2,1-3H3. The summed E-state index contributed by atoms with van der Waals surface area (Å²) in [6, 6.07) is 2.05. The van der Waals surface area contributed by atoms with E-state index in [1.54, 1.807) is 0 Å². The van der Waals surface area contributed by atoms with Gasteiger partial charge in [0.2, 0.25) is 0 Å². The number of hydrogen-bond donors (Lipinski definition) is 1. The molecule has 0 fully saturated rings. The van der Waals surface area contributed by atoms with Crippen molar-refractivity contribution in [2.24, 2.45) is 12.8 Å². The molecule has 2 rings (SSSR count). The monoisotopic (exact) mass is 247 g/mol. The topological polar surface area (TPSA) is 61.7 Å². The van der Waals surface area contributed by atoms with Gasteiger partial charge in [-0.25, -0.2) is 0 Å². The van der Waals surface area contributed by atoms with E-state index in [0.717, 1.165) is 25.1 Å². The van der Waals surface area contributed by atoms with Crippen LogP contribution in [-0.2, 0) is 26.4 Å². The Balaban J connectivity index is 2.10. The highest BCUT2D eigenvalue weighted by Gasteiger charge is 2.10. The van der Waals surface area contributed by atoms with Crippen LogP contribution in [0.4, 0.5) is 0 Å². The van der Waals surface area contributed by atoms with Crippen LogP contribution in [0.15, 0.2) is 12.3 Å². The molecular formula is C13H21N5. The molecule has 0 aliphatic carbocycles. The van der Waals surface area contributed by atoms with E-state index in [1.165, 1.54) is 17.0 Å². The van der Waals surface area contributed by atoms with Crippen molar-refractivity contribution < 1.29 is 0 Å². The van der Waals surface area contributed by atoms with Gasteiger partial charge >= 0.3 is 0 Å². The van der Waals surface area contributed by atoms with Crippen LogP contribution in [0.5, 0.6) is 0 Å². The van der Waals surface area contributed by atoms with Crippen LogP contribution in [0.3, 0.4) is 0 Å². The Labute approximate surface area is 108 Å². The molecule has 0 amide bonds. The molecule has 0 aromatic carbocycles. The summed E-state index contributed by atoms with van der Waals surface area (Å²) >= 11 is 0. The number of nitrogens with two attached hydrogens (primary N) is 1. The van der Waals surface area contributed by atoms with Gasteiger partial charge in [0.15, 0.2) is 0 Å². The second kappa shape index (κ2) is 5.35. The van der Waals surface area contributed by atoms with E-state index in [1.807, 2.05) is 24.0 Å². The molecule has 0 unspecified atom stereocenters. The minimum absolute atomic E-state index is 0.676. The van der Waals surface area contributed by atoms with Crippen molar-refractivity contribution in [3.05, 3.63) is 34.9 Å². The molecule has 18 heavy (non-hydrogen) atoms. The van der Waals surface area contributed by atoms with E-state index in [0.29, 0.717) is 6.54 Å². The first kappa shape index (κ1) is 12.8. The van der Waals surface area contributed by atoms with Gasteiger partial charge in [-0.15, -0.1) is 0 Å². The minimum Gasteiger partial charge on any atom is -0.330 e. The molecule has 98 valence electrons. The molecule has 2 heterocycles. The van der Waals surface area contributed by atoms with Gasteiger partial charge in [0.1, 0.15) is 0 Å². The van der Waals surface area contributed by atoms with Crippen molar-refractivity contribution in [1.82, 2.24) is 19.6 Å². The number of nitrogens with zero attached hydrogens (tertiary/aromatic N) is 4. The Morgan fingerprint density at radius 1 is 1.28 bits per heavy atom. The summed E-state index contributed by atoms with van der Waals surface area (Å²) in [6.45, 7) is 5.73. The maximum atomic E-state index is 5.63. The third-order valence-corrected chi connectivity index (χ3v) is 3.43. The van der Waals surface area contributed by atoms with E-state index in [-0.39, 0.29) is 0 Å². The van der Waals surface area contributed by atoms with Crippen LogP contribution in [-0.4, -0.2) is 26.1 Å². The van der Waals surface area contributed by atoms with E-state index in [4.69, 9.17) is 5.73 Å². The molecule has 0 aliphatic heterocycles. The molecule has 2 aromatic rings. The molecule has 0 bridgehead atoms. The fourth-order valence-corrected chi connectivity index (χ4v) is 2.32. The maximum absolute atomic E-state index is 5.63. The normalized spacial score (nSPS) is 11.1. The maximum Gasteiger partial charge on any atom is 0.0628 e. The molecule has 5 nitrogen and oxygen atoms in total. The first-order valence-electron chi connectivity index (χ1n) is 6.33. The summed E-state index contributed by atoms with van der Waals surface area (Å²) < 4.78 is 3.99. The van der Waals surface area contributed by atoms with Gasteiger partial charge in [-0.3, -0.25) is 9.36 Å². The number of aromatic nitrogens is 4. The lowest BCUT2D eigenvalue weighted by atomic mass is 10.1. The number of hydrogen-bond acceptors (Lipinski definition) is 3. The Bertz CT molecular complexity index is 523. The SMILES string of the molecule is Cc1nn(CCc2ccnn2C)c(C)c1CCN. The molecule has 2 N–H and O–H groups in total. The molecule has 0 saturated carbocycles. The largest absolute Gasteiger partial charge is 0.330 e. The van der Waals surface area contributed by atoms with Gasteiger partial charge in [-0.2, -0.15) is 10.2 Å². The zero-order chi connectivity index (χ0) is 13.1. The van der Waals surface area contributed by atoms with Crippen molar-refractivity contribution in [2.75, 3.05) is 6.54 Å². The molecule has 5 heteroatoms. The Hall–Kier alpha value is -1.62. The smallest absolute Gasteiger partial charge is 0.0628 e. The zero-order valence-electron chi connectivity index (χ0n) is 11.3.